The van der Waals surface area contributed by atoms with E-state index < -0.39 is 11.8 Å². The van der Waals surface area contributed by atoms with Crippen molar-refractivity contribution in [1.82, 2.24) is 5.43 Å². The summed E-state index contributed by atoms with van der Waals surface area (Å²) in [7, 11) is 0. The standard InChI is InChI=1S/C24H23N3O4/c1-2-30-21-13-11-20(12-14-21)26-23(28)24(29)27-25-16-19-9-6-10-22(15-19)31-17-18-7-4-3-5-8-18/h3-16H,2,17H2,1H3,(H,26,28)(H,27,29)/b25-16+. The Balaban J connectivity index is 1.49. The lowest BCUT2D eigenvalue weighted by atomic mass is 10.2. The summed E-state index contributed by atoms with van der Waals surface area (Å²) in [5.41, 5.74) is 4.48. The third-order valence-electron chi connectivity index (χ3n) is 4.12. The number of nitrogens with zero attached hydrogens (tertiary/aromatic N) is 1. The molecule has 0 radical (unpaired) electrons. The maximum atomic E-state index is 12.0. The van der Waals surface area contributed by atoms with E-state index in [1.165, 1.54) is 6.21 Å². The van der Waals surface area contributed by atoms with E-state index >= 15 is 0 Å². The first-order valence-electron chi connectivity index (χ1n) is 9.78. The van der Waals surface area contributed by atoms with Crippen LogP contribution in [0.15, 0.2) is 84.0 Å². The minimum atomic E-state index is -0.874. The summed E-state index contributed by atoms with van der Waals surface area (Å²) >= 11 is 0. The molecule has 0 saturated carbocycles. The molecule has 7 heteroatoms. The van der Waals surface area contributed by atoms with Gasteiger partial charge in [0.05, 0.1) is 12.8 Å². The maximum Gasteiger partial charge on any atom is 0.329 e. The quantitative estimate of drug-likeness (QED) is 0.332. The summed E-state index contributed by atoms with van der Waals surface area (Å²) in [6, 6.07) is 23.8. The number of nitrogens with one attached hydrogen (secondary N) is 2. The number of amides is 2. The second kappa shape index (κ2) is 11.2. The fourth-order valence-corrected chi connectivity index (χ4v) is 2.63. The van der Waals surface area contributed by atoms with Gasteiger partial charge >= 0.3 is 11.8 Å². The smallest absolute Gasteiger partial charge is 0.329 e. The highest BCUT2D eigenvalue weighted by Crippen LogP contribution is 2.16. The molecule has 0 spiro atoms. The van der Waals surface area contributed by atoms with Crippen molar-refractivity contribution in [1.29, 1.82) is 0 Å². The number of carbonyl (C=O) groups is 2. The second-order valence-corrected chi connectivity index (χ2v) is 6.46. The van der Waals surface area contributed by atoms with Gasteiger partial charge < -0.3 is 14.8 Å². The molecule has 0 aliphatic rings. The molecule has 0 aromatic heterocycles. The predicted octanol–water partition coefficient (Wildman–Crippen LogP) is 3.75. The lowest BCUT2D eigenvalue weighted by Gasteiger charge is -2.07. The summed E-state index contributed by atoms with van der Waals surface area (Å²) in [4.78, 5) is 23.9. The molecule has 7 nitrogen and oxygen atoms in total. The number of rotatable bonds is 8. The van der Waals surface area contributed by atoms with Gasteiger partial charge in [-0.05, 0) is 54.4 Å². The van der Waals surface area contributed by atoms with Crippen molar-refractivity contribution in [3.63, 3.8) is 0 Å². The first-order valence-corrected chi connectivity index (χ1v) is 9.78. The number of hydrogen-bond donors (Lipinski definition) is 2. The van der Waals surface area contributed by atoms with Crippen LogP contribution in [0.3, 0.4) is 0 Å². The van der Waals surface area contributed by atoms with Crippen molar-refractivity contribution >= 4 is 23.7 Å². The zero-order chi connectivity index (χ0) is 21.9. The van der Waals surface area contributed by atoms with Gasteiger partial charge in [-0.1, -0.05) is 42.5 Å². The van der Waals surface area contributed by atoms with Crippen LogP contribution in [0.2, 0.25) is 0 Å². The van der Waals surface area contributed by atoms with Gasteiger partial charge in [-0.15, -0.1) is 0 Å². The van der Waals surface area contributed by atoms with E-state index in [0.717, 1.165) is 11.1 Å². The van der Waals surface area contributed by atoms with Crippen LogP contribution in [0.4, 0.5) is 5.69 Å². The number of benzene rings is 3. The lowest BCUT2D eigenvalue weighted by Crippen LogP contribution is -2.32. The van der Waals surface area contributed by atoms with E-state index in [1.807, 2.05) is 55.5 Å². The molecule has 31 heavy (non-hydrogen) atoms. The van der Waals surface area contributed by atoms with E-state index in [1.54, 1.807) is 30.3 Å². The Hall–Kier alpha value is -4.13. The van der Waals surface area contributed by atoms with Gasteiger partial charge in [-0.3, -0.25) is 9.59 Å². The Labute approximate surface area is 180 Å². The molecular formula is C24H23N3O4. The summed E-state index contributed by atoms with van der Waals surface area (Å²) in [5, 5.41) is 6.34. The fourth-order valence-electron chi connectivity index (χ4n) is 2.63. The summed E-state index contributed by atoms with van der Waals surface area (Å²) in [6.45, 7) is 2.88. The highest BCUT2D eigenvalue weighted by atomic mass is 16.5. The van der Waals surface area contributed by atoms with E-state index in [4.69, 9.17) is 9.47 Å². The van der Waals surface area contributed by atoms with E-state index in [-0.39, 0.29) is 0 Å². The molecular weight excluding hydrogens is 394 g/mol. The van der Waals surface area contributed by atoms with Gasteiger partial charge in [0, 0.05) is 5.69 Å². The van der Waals surface area contributed by atoms with Crippen LogP contribution in [-0.4, -0.2) is 24.6 Å². The van der Waals surface area contributed by atoms with Gasteiger partial charge in [-0.2, -0.15) is 5.10 Å². The molecule has 0 atom stereocenters. The van der Waals surface area contributed by atoms with Crippen molar-refractivity contribution in [3.8, 4) is 11.5 Å². The number of hydrazone groups is 1. The molecule has 0 unspecified atom stereocenters. The van der Waals surface area contributed by atoms with Crippen molar-refractivity contribution in [2.45, 2.75) is 13.5 Å². The Morgan fingerprint density at radius 3 is 2.39 bits per heavy atom. The molecule has 2 amide bonds. The molecule has 0 aliphatic heterocycles. The third-order valence-corrected chi connectivity index (χ3v) is 4.12. The Kier molecular flexibility index (Phi) is 7.77. The molecule has 0 aliphatic carbocycles. The molecule has 0 fully saturated rings. The largest absolute Gasteiger partial charge is 0.494 e. The van der Waals surface area contributed by atoms with Crippen LogP contribution < -0.4 is 20.2 Å². The van der Waals surface area contributed by atoms with Crippen molar-refractivity contribution in [2.75, 3.05) is 11.9 Å². The molecule has 0 heterocycles. The number of anilines is 1. The maximum absolute atomic E-state index is 12.0. The fraction of sp³-hybridized carbons (Fsp3) is 0.125. The van der Waals surface area contributed by atoms with E-state index in [0.29, 0.717) is 30.4 Å². The van der Waals surface area contributed by atoms with Crippen LogP contribution in [0.25, 0.3) is 0 Å². The van der Waals surface area contributed by atoms with Gasteiger partial charge in [0.15, 0.2) is 0 Å². The zero-order valence-corrected chi connectivity index (χ0v) is 17.1. The summed E-state index contributed by atoms with van der Waals surface area (Å²) in [5.74, 6) is -0.334. The van der Waals surface area contributed by atoms with Gasteiger partial charge in [-0.25, -0.2) is 5.43 Å². The van der Waals surface area contributed by atoms with E-state index in [9.17, 15) is 9.59 Å². The van der Waals surface area contributed by atoms with Crippen LogP contribution in [0.5, 0.6) is 11.5 Å². The van der Waals surface area contributed by atoms with Crippen LogP contribution >= 0.6 is 0 Å². The lowest BCUT2D eigenvalue weighted by molar-refractivity contribution is -0.136. The molecule has 3 rings (SSSR count). The predicted molar refractivity (Wildman–Crippen MR) is 119 cm³/mol. The van der Waals surface area contributed by atoms with Crippen LogP contribution in [0.1, 0.15) is 18.1 Å². The second-order valence-electron chi connectivity index (χ2n) is 6.46. The topological polar surface area (TPSA) is 89.0 Å². The number of hydrogen-bond acceptors (Lipinski definition) is 5. The van der Waals surface area contributed by atoms with Crippen LogP contribution in [0, 0.1) is 0 Å². The highest BCUT2D eigenvalue weighted by Gasteiger charge is 2.12. The minimum Gasteiger partial charge on any atom is -0.494 e. The van der Waals surface area contributed by atoms with E-state index in [2.05, 4.69) is 15.8 Å². The molecule has 2 N–H and O–H groups in total. The van der Waals surface area contributed by atoms with Gasteiger partial charge in [0.1, 0.15) is 18.1 Å². The Morgan fingerprint density at radius 1 is 0.871 bits per heavy atom. The SMILES string of the molecule is CCOc1ccc(NC(=O)C(=O)N/N=C/c2cccc(OCc3ccccc3)c2)cc1. The Bertz CT molecular complexity index is 1030. The molecule has 158 valence electrons. The molecule has 3 aromatic carbocycles. The van der Waals surface area contributed by atoms with Crippen molar-refractivity contribution in [3.05, 3.63) is 90.0 Å². The van der Waals surface area contributed by atoms with Crippen molar-refractivity contribution in [2.24, 2.45) is 5.10 Å². The van der Waals surface area contributed by atoms with Gasteiger partial charge in [0.25, 0.3) is 0 Å². The number of ether oxygens (including phenoxy) is 2. The summed E-state index contributed by atoms with van der Waals surface area (Å²) < 4.78 is 11.1. The normalized spacial score (nSPS) is 10.5. The average molecular weight is 417 g/mol. The first kappa shape index (κ1) is 21.6. The number of carbonyl (C=O) groups excluding carboxylic acids is 2. The molecule has 3 aromatic rings. The molecule has 0 bridgehead atoms. The highest BCUT2D eigenvalue weighted by molar-refractivity contribution is 6.39. The van der Waals surface area contributed by atoms with Crippen LogP contribution in [-0.2, 0) is 16.2 Å². The molecule has 0 saturated heterocycles. The minimum absolute atomic E-state index is 0.448. The first-order chi connectivity index (χ1) is 15.1. The summed E-state index contributed by atoms with van der Waals surface area (Å²) in [6.07, 6.45) is 1.44. The third kappa shape index (κ3) is 7.01. The monoisotopic (exact) mass is 417 g/mol. The average Bonchev–Trinajstić information content (AvgIpc) is 2.80. The zero-order valence-electron chi connectivity index (χ0n) is 17.1. The van der Waals surface area contributed by atoms with Crippen molar-refractivity contribution < 1.29 is 19.1 Å². The Morgan fingerprint density at radius 2 is 1.65 bits per heavy atom. The van der Waals surface area contributed by atoms with Gasteiger partial charge in [0.2, 0.25) is 0 Å².